The van der Waals surface area contributed by atoms with E-state index in [0.717, 1.165) is 39.1 Å². The van der Waals surface area contributed by atoms with Gasteiger partial charge in [0.2, 0.25) is 0 Å². The average Bonchev–Trinajstić information content (AvgIpc) is 3.23. The smallest absolute Gasteiger partial charge is 0.395 e. The first-order chi connectivity index (χ1) is 25.8. The largest absolute Gasteiger partial charge is 0.436 e. The van der Waals surface area contributed by atoms with Gasteiger partial charge in [0.25, 0.3) is 0 Å². The van der Waals surface area contributed by atoms with Gasteiger partial charge in [-0.15, -0.1) is 0 Å². The Morgan fingerprint density at radius 3 is 1.92 bits per heavy atom. The van der Waals surface area contributed by atoms with Crippen LogP contribution in [-0.2, 0) is 0 Å². The second-order valence-electron chi connectivity index (χ2n) is 13.0. The number of fused-ring (bicyclic) bond motifs is 7. The van der Waals surface area contributed by atoms with Gasteiger partial charge in [0.05, 0.1) is 0 Å². The second kappa shape index (κ2) is 12.5. The molecule has 0 spiro atoms. The van der Waals surface area contributed by atoms with Crippen molar-refractivity contribution in [1.82, 2.24) is 29.6 Å². The second-order valence-corrected chi connectivity index (χ2v) is 13.0. The molecule has 0 bridgehead atoms. The molecular weight excluding hydrogens is 636 g/mol. The summed E-state index contributed by atoms with van der Waals surface area (Å²) in [6.45, 7) is 0.111. The van der Waals surface area contributed by atoms with E-state index in [4.69, 9.17) is 15.0 Å². The van der Waals surface area contributed by atoms with E-state index in [0.29, 0.717) is 17.5 Å². The van der Waals surface area contributed by atoms with Crippen LogP contribution in [0.4, 0.5) is 5.69 Å². The molecule has 0 radical (unpaired) electrons. The molecular formula is C43H29B2N7. The number of nitrogens with zero attached hydrogens (tertiary/aromatic N) is 7. The summed E-state index contributed by atoms with van der Waals surface area (Å²) in [7, 11) is 0. The molecule has 7 nitrogen and oxygen atoms in total. The van der Waals surface area contributed by atoms with Crippen molar-refractivity contribution in [2.45, 2.75) is 0 Å². The number of para-hydroxylation sites is 1. The molecule has 9 heteroatoms. The summed E-state index contributed by atoms with van der Waals surface area (Å²) in [6, 6.07) is 42.3. The van der Waals surface area contributed by atoms with Crippen molar-refractivity contribution in [3.05, 3.63) is 180 Å². The molecule has 52 heavy (non-hydrogen) atoms. The quantitative estimate of drug-likeness (QED) is 0.207. The Bertz CT molecular complexity index is 2610. The molecule has 3 aliphatic heterocycles. The van der Waals surface area contributed by atoms with E-state index in [-0.39, 0.29) is 13.8 Å². The molecule has 10 rings (SSSR count). The first-order valence-electron chi connectivity index (χ1n) is 17.4. The molecule has 0 saturated carbocycles. The summed E-state index contributed by atoms with van der Waals surface area (Å²) < 4.78 is 2.48. The number of anilines is 1. The molecule has 6 heterocycles. The van der Waals surface area contributed by atoms with Crippen molar-refractivity contribution in [2.75, 3.05) is 4.81 Å². The van der Waals surface area contributed by atoms with E-state index in [1.54, 1.807) is 24.8 Å². The molecule has 0 fully saturated rings. The Morgan fingerprint density at radius 1 is 0.538 bits per heavy atom. The van der Waals surface area contributed by atoms with Gasteiger partial charge in [0.1, 0.15) is 0 Å². The minimum Gasteiger partial charge on any atom is -0.436 e. The lowest BCUT2D eigenvalue weighted by atomic mass is 9.42. The third kappa shape index (κ3) is 5.14. The fourth-order valence-electron chi connectivity index (χ4n) is 7.52. The SMILES string of the molecule is C1=CB2N3C=c4ccccc4=CB3c3ccccc3N2C(c2ccc(-c3nc(-c4cccnc4)nc(-c4cccnc4)n3)cc2-c2ccccc2)=C1. The number of hydrogen-bond donors (Lipinski definition) is 0. The topological polar surface area (TPSA) is 70.9 Å². The summed E-state index contributed by atoms with van der Waals surface area (Å²) in [5.74, 6) is 6.39. The van der Waals surface area contributed by atoms with Crippen LogP contribution in [0.1, 0.15) is 5.56 Å². The summed E-state index contributed by atoms with van der Waals surface area (Å²) in [4.78, 5) is 26.0. The first kappa shape index (κ1) is 30.0. The van der Waals surface area contributed by atoms with Gasteiger partial charge in [0, 0.05) is 58.4 Å². The standard InChI is InChI=1S/C43H29B2N7/c1-2-11-30(12-3-1)37-25-31(41-48-42(33-15-9-23-46-27-33)50-43(49-41)34-16-10-24-47-28-34)20-21-36(37)39-19-8-22-45-51-29-35-14-5-4-13-32(35)26-44(51)38-17-6-7-18-40(38)52(39)45/h1-29H. The normalized spacial score (nSPS) is 14.0. The van der Waals surface area contributed by atoms with Gasteiger partial charge in [-0.25, -0.2) is 15.0 Å². The molecule has 0 aliphatic carbocycles. The van der Waals surface area contributed by atoms with Crippen molar-refractivity contribution < 1.29 is 0 Å². The first-order valence-corrected chi connectivity index (χ1v) is 17.4. The van der Waals surface area contributed by atoms with Crippen molar-refractivity contribution in [1.29, 1.82) is 0 Å². The predicted octanol–water partition coefficient (Wildman–Crippen LogP) is 6.06. The lowest BCUT2D eigenvalue weighted by Crippen LogP contribution is -2.66. The number of aromatic nitrogens is 5. The predicted molar refractivity (Wildman–Crippen MR) is 211 cm³/mol. The molecule has 0 N–H and O–H groups in total. The number of rotatable bonds is 5. The molecule has 0 unspecified atom stereocenters. The van der Waals surface area contributed by atoms with Crippen LogP contribution in [-0.4, -0.2) is 43.5 Å². The highest BCUT2D eigenvalue weighted by molar-refractivity contribution is 6.96. The van der Waals surface area contributed by atoms with E-state index in [9.17, 15) is 0 Å². The van der Waals surface area contributed by atoms with Crippen molar-refractivity contribution in [2.24, 2.45) is 0 Å². The number of benzene rings is 4. The lowest BCUT2D eigenvalue weighted by molar-refractivity contribution is 0.948. The summed E-state index contributed by atoms with van der Waals surface area (Å²) in [6.07, 6.45) is 13.8. The van der Waals surface area contributed by atoms with Crippen molar-refractivity contribution in [3.63, 3.8) is 0 Å². The molecule has 0 atom stereocenters. The third-order valence-corrected chi connectivity index (χ3v) is 9.94. The van der Waals surface area contributed by atoms with E-state index in [1.807, 2.05) is 24.3 Å². The van der Waals surface area contributed by atoms with E-state index < -0.39 is 0 Å². The fourth-order valence-corrected chi connectivity index (χ4v) is 7.52. The maximum absolute atomic E-state index is 5.00. The Hall–Kier alpha value is -6.86. The zero-order chi connectivity index (χ0) is 34.4. The third-order valence-electron chi connectivity index (χ3n) is 9.94. The van der Waals surface area contributed by atoms with Gasteiger partial charge in [-0.05, 0) is 75.7 Å². The lowest BCUT2D eigenvalue weighted by Gasteiger charge is -2.48. The maximum atomic E-state index is 5.00. The number of hydrogen-bond acceptors (Lipinski definition) is 7. The van der Waals surface area contributed by atoms with Crippen LogP contribution >= 0.6 is 0 Å². The zero-order valence-electron chi connectivity index (χ0n) is 28.0. The highest BCUT2D eigenvalue weighted by Gasteiger charge is 2.44. The van der Waals surface area contributed by atoms with E-state index >= 15 is 0 Å². The highest BCUT2D eigenvalue weighted by Crippen LogP contribution is 2.40. The van der Waals surface area contributed by atoms with Crippen LogP contribution < -0.4 is 20.7 Å². The van der Waals surface area contributed by atoms with Crippen LogP contribution in [0.2, 0.25) is 0 Å². The molecule has 0 amide bonds. The van der Waals surface area contributed by atoms with Gasteiger partial charge in [0.15, 0.2) is 17.5 Å². The monoisotopic (exact) mass is 665 g/mol. The minimum atomic E-state index is -0.0135. The molecule has 4 aromatic carbocycles. The number of pyridine rings is 2. The van der Waals surface area contributed by atoms with Crippen LogP contribution in [0.3, 0.4) is 0 Å². The molecule has 3 aliphatic rings. The van der Waals surface area contributed by atoms with Gasteiger partial charge in [-0.3, -0.25) is 9.97 Å². The average molecular weight is 665 g/mol. The minimum absolute atomic E-state index is 0.0135. The van der Waals surface area contributed by atoms with E-state index in [2.05, 4.69) is 147 Å². The Balaban J connectivity index is 1.14. The van der Waals surface area contributed by atoms with Gasteiger partial charge in [-0.2, -0.15) is 0 Å². The van der Waals surface area contributed by atoms with Crippen molar-refractivity contribution in [3.8, 4) is 45.3 Å². The summed E-state index contributed by atoms with van der Waals surface area (Å²) in [5.41, 5.74) is 9.44. The fraction of sp³-hybridized carbons (Fsp3) is 0. The Kier molecular flexibility index (Phi) is 7.20. The molecule has 0 saturated heterocycles. The van der Waals surface area contributed by atoms with Crippen LogP contribution in [0.25, 0.3) is 63.2 Å². The Morgan fingerprint density at radius 2 is 1.19 bits per heavy atom. The van der Waals surface area contributed by atoms with Gasteiger partial charge in [-0.1, -0.05) is 103 Å². The van der Waals surface area contributed by atoms with Gasteiger partial charge < -0.3 is 9.53 Å². The van der Waals surface area contributed by atoms with Gasteiger partial charge >= 0.3 is 13.8 Å². The Labute approximate surface area is 302 Å². The highest BCUT2D eigenvalue weighted by atomic mass is 15.2. The summed E-state index contributed by atoms with van der Waals surface area (Å²) in [5, 5.41) is 2.49. The molecule has 7 aromatic rings. The van der Waals surface area contributed by atoms with Crippen LogP contribution in [0.5, 0.6) is 0 Å². The van der Waals surface area contributed by atoms with Crippen LogP contribution in [0, 0.1) is 0 Å². The van der Waals surface area contributed by atoms with Crippen LogP contribution in [0.15, 0.2) is 164 Å². The summed E-state index contributed by atoms with van der Waals surface area (Å²) >= 11 is 0. The molecule has 242 valence electrons. The zero-order valence-corrected chi connectivity index (χ0v) is 28.0. The molecule has 3 aromatic heterocycles. The van der Waals surface area contributed by atoms with Crippen molar-refractivity contribution >= 4 is 42.9 Å². The maximum Gasteiger partial charge on any atom is 0.395 e. The van der Waals surface area contributed by atoms with E-state index in [1.165, 1.54) is 21.6 Å². The number of allylic oxidation sites excluding steroid dienone is 2.